The first-order valence-corrected chi connectivity index (χ1v) is 7.49. The van der Waals surface area contributed by atoms with Gasteiger partial charge < -0.3 is 4.90 Å². The molecule has 0 aliphatic heterocycles. The smallest absolute Gasteiger partial charge is 0.0408 e. The van der Waals surface area contributed by atoms with Gasteiger partial charge in [0.05, 0.1) is 0 Å². The van der Waals surface area contributed by atoms with Gasteiger partial charge in [-0.1, -0.05) is 48.1 Å². The molecule has 2 aromatic rings. The second-order valence-corrected chi connectivity index (χ2v) is 5.65. The van der Waals surface area contributed by atoms with Crippen LogP contribution in [0.25, 0.3) is 5.57 Å². The molecule has 21 heavy (non-hydrogen) atoms. The highest BCUT2D eigenvalue weighted by molar-refractivity contribution is 5.71. The average molecular weight is 275 g/mol. The van der Waals surface area contributed by atoms with Crippen LogP contribution in [-0.2, 0) is 0 Å². The molecule has 0 saturated carbocycles. The van der Waals surface area contributed by atoms with Crippen molar-refractivity contribution >= 4 is 16.9 Å². The largest absolute Gasteiger partial charge is 0.345 e. The number of hydrogen-bond acceptors (Lipinski definition) is 1. The van der Waals surface area contributed by atoms with Crippen LogP contribution in [0.5, 0.6) is 0 Å². The van der Waals surface area contributed by atoms with E-state index in [1.165, 1.54) is 34.5 Å². The van der Waals surface area contributed by atoms with Crippen LogP contribution in [0.15, 0.2) is 72.3 Å². The summed E-state index contributed by atoms with van der Waals surface area (Å²) in [6.07, 6.45) is 6.82. The van der Waals surface area contributed by atoms with Gasteiger partial charge in [0.25, 0.3) is 0 Å². The first-order valence-electron chi connectivity index (χ1n) is 7.49. The minimum absolute atomic E-state index is 1.15. The number of hydrogen-bond donors (Lipinski definition) is 0. The number of para-hydroxylation sites is 1. The maximum Gasteiger partial charge on any atom is 0.0408 e. The topological polar surface area (TPSA) is 3.24 Å². The van der Waals surface area contributed by atoms with Crippen LogP contribution in [0, 0.1) is 0 Å². The summed E-state index contributed by atoms with van der Waals surface area (Å²) in [6, 6.07) is 19.3. The van der Waals surface area contributed by atoms with E-state index < -0.39 is 0 Å². The zero-order valence-corrected chi connectivity index (χ0v) is 12.7. The van der Waals surface area contributed by atoms with E-state index in [9.17, 15) is 0 Å². The number of nitrogens with zero attached hydrogens (tertiary/aromatic N) is 1. The fourth-order valence-corrected chi connectivity index (χ4v) is 2.68. The lowest BCUT2D eigenvalue weighted by Gasteiger charge is -2.20. The van der Waals surface area contributed by atoms with E-state index in [0.29, 0.717) is 0 Å². The summed E-state index contributed by atoms with van der Waals surface area (Å²) in [4.78, 5) is 2.21. The Kier molecular flexibility index (Phi) is 3.92. The maximum absolute atomic E-state index is 2.26. The van der Waals surface area contributed by atoms with E-state index in [1.807, 2.05) is 6.07 Å². The number of allylic oxidation sites excluding steroid dienone is 4. The summed E-state index contributed by atoms with van der Waals surface area (Å²) in [5.74, 6) is 0. The average Bonchev–Trinajstić information content (AvgIpc) is 2.56. The van der Waals surface area contributed by atoms with Gasteiger partial charge in [0.1, 0.15) is 0 Å². The molecule has 106 valence electrons. The molecule has 0 radical (unpaired) electrons. The highest BCUT2D eigenvalue weighted by Gasteiger charge is 2.07. The Bertz CT molecular complexity index is 663. The van der Waals surface area contributed by atoms with E-state index in [4.69, 9.17) is 0 Å². The van der Waals surface area contributed by atoms with E-state index in [2.05, 4.69) is 79.6 Å². The first-order chi connectivity index (χ1) is 10.2. The van der Waals surface area contributed by atoms with Crippen LogP contribution in [0.4, 0.5) is 11.4 Å². The molecule has 0 amide bonds. The summed E-state index contributed by atoms with van der Waals surface area (Å²) < 4.78 is 0. The molecular formula is C20H21N. The van der Waals surface area contributed by atoms with Gasteiger partial charge in [-0.25, -0.2) is 0 Å². The Hall–Kier alpha value is -2.28. The van der Waals surface area contributed by atoms with Crippen molar-refractivity contribution in [3.05, 3.63) is 77.9 Å². The zero-order valence-electron chi connectivity index (χ0n) is 12.7. The van der Waals surface area contributed by atoms with Crippen LogP contribution in [0.2, 0.25) is 0 Å². The Balaban J connectivity index is 1.82. The third-order valence-electron chi connectivity index (χ3n) is 4.13. The molecule has 0 spiro atoms. The van der Waals surface area contributed by atoms with Gasteiger partial charge >= 0.3 is 0 Å². The third-order valence-corrected chi connectivity index (χ3v) is 4.13. The summed E-state index contributed by atoms with van der Waals surface area (Å²) in [6.45, 7) is 2.20. The molecule has 2 aromatic carbocycles. The molecule has 0 aromatic heterocycles. The molecule has 1 aliphatic carbocycles. The molecular weight excluding hydrogens is 254 g/mol. The SMILES string of the molecule is CC1=CC=C(c2ccc(N(C)c3ccccc3)cc2)CC1. The van der Waals surface area contributed by atoms with Gasteiger partial charge in [0.15, 0.2) is 0 Å². The minimum atomic E-state index is 1.15. The minimum Gasteiger partial charge on any atom is -0.345 e. The molecule has 0 heterocycles. The predicted molar refractivity (Wildman–Crippen MR) is 91.9 cm³/mol. The van der Waals surface area contributed by atoms with Crippen molar-refractivity contribution in [1.29, 1.82) is 0 Å². The number of rotatable bonds is 3. The van der Waals surface area contributed by atoms with Crippen molar-refractivity contribution in [2.24, 2.45) is 0 Å². The second-order valence-electron chi connectivity index (χ2n) is 5.65. The van der Waals surface area contributed by atoms with Crippen molar-refractivity contribution < 1.29 is 0 Å². The molecule has 0 bridgehead atoms. The van der Waals surface area contributed by atoms with Crippen LogP contribution in [-0.4, -0.2) is 7.05 Å². The summed E-state index contributed by atoms with van der Waals surface area (Å²) in [7, 11) is 2.11. The summed E-state index contributed by atoms with van der Waals surface area (Å²) >= 11 is 0. The fourth-order valence-electron chi connectivity index (χ4n) is 2.68. The monoisotopic (exact) mass is 275 g/mol. The maximum atomic E-state index is 2.26. The zero-order chi connectivity index (χ0) is 14.7. The quantitative estimate of drug-likeness (QED) is 0.707. The van der Waals surface area contributed by atoms with Gasteiger partial charge in [-0.15, -0.1) is 0 Å². The molecule has 0 N–H and O–H groups in total. The third kappa shape index (κ3) is 3.08. The Morgan fingerprint density at radius 1 is 0.762 bits per heavy atom. The normalized spacial score (nSPS) is 14.4. The van der Waals surface area contributed by atoms with Crippen LogP contribution in [0.3, 0.4) is 0 Å². The summed E-state index contributed by atoms with van der Waals surface area (Å²) in [5.41, 5.74) is 6.67. The highest BCUT2D eigenvalue weighted by atomic mass is 15.1. The van der Waals surface area contributed by atoms with Crippen LogP contribution in [0.1, 0.15) is 25.3 Å². The van der Waals surface area contributed by atoms with Crippen molar-refractivity contribution in [3.63, 3.8) is 0 Å². The molecule has 0 fully saturated rings. The van der Waals surface area contributed by atoms with Gasteiger partial charge in [-0.2, -0.15) is 0 Å². The van der Waals surface area contributed by atoms with Gasteiger partial charge in [-0.3, -0.25) is 0 Å². The Morgan fingerprint density at radius 3 is 2.05 bits per heavy atom. The lowest BCUT2D eigenvalue weighted by molar-refractivity contribution is 0.977. The van der Waals surface area contributed by atoms with Crippen molar-refractivity contribution in [3.8, 4) is 0 Å². The molecule has 0 saturated heterocycles. The van der Waals surface area contributed by atoms with E-state index in [1.54, 1.807) is 0 Å². The van der Waals surface area contributed by atoms with Gasteiger partial charge in [0.2, 0.25) is 0 Å². The Morgan fingerprint density at radius 2 is 1.43 bits per heavy atom. The number of anilines is 2. The van der Waals surface area contributed by atoms with Crippen molar-refractivity contribution in [1.82, 2.24) is 0 Å². The number of benzene rings is 2. The van der Waals surface area contributed by atoms with E-state index in [-0.39, 0.29) is 0 Å². The molecule has 3 rings (SSSR count). The van der Waals surface area contributed by atoms with E-state index >= 15 is 0 Å². The molecule has 0 atom stereocenters. The van der Waals surface area contributed by atoms with Crippen molar-refractivity contribution in [2.45, 2.75) is 19.8 Å². The Labute approximate surface area is 127 Å². The summed E-state index contributed by atoms with van der Waals surface area (Å²) in [5, 5.41) is 0. The van der Waals surface area contributed by atoms with E-state index in [0.717, 1.165) is 6.42 Å². The molecule has 1 nitrogen and oxygen atoms in total. The van der Waals surface area contributed by atoms with Crippen LogP contribution < -0.4 is 4.90 Å². The standard InChI is InChI=1S/C20H21N/c1-16-8-10-17(11-9-16)18-12-14-20(15-13-18)21(2)19-6-4-3-5-7-19/h3-8,10,12-15H,9,11H2,1-2H3. The highest BCUT2D eigenvalue weighted by Crippen LogP contribution is 2.29. The second kappa shape index (κ2) is 6.01. The van der Waals surface area contributed by atoms with Gasteiger partial charge in [-0.05, 0) is 55.2 Å². The fraction of sp³-hybridized carbons (Fsp3) is 0.200. The van der Waals surface area contributed by atoms with Crippen LogP contribution >= 0.6 is 0 Å². The predicted octanol–water partition coefficient (Wildman–Crippen LogP) is 5.58. The molecule has 1 aliphatic rings. The van der Waals surface area contributed by atoms with Gasteiger partial charge in [0, 0.05) is 18.4 Å². The lowest BCUT2D eigenvalue weighted by atomic mass is 9.94. The first kappa shape index (κ1) is 13.7. The molecule has 1 heteroatoms. The molecule has 0 unspecified atom stereocenters. The lowest BCUT2D eigenvalue weighted by Crippen LogP contribution is -2.08. The van der Waals surface area contributed by atoms with Crippen molar-refractivity contribution in [2.75, 3.05) is 11.9 Å².